The molecule has 10 heteroatoms. The van der Waals surface area contributed by atoms with Crippen LogP contribution in [0.4, 0.5) is 0 Å². The molecule has 1 aromatic heterocycles. The number of thiazole rings is 1. The fourth-order valence-electron chi connectivity index (χ4n) is 4.37. The first kappa shape index (κ1) is 28.9. The Morgan fingerprint density at radius 3 is 2.62 bits per heavy atom. The molecule has 1 aliphatic rings. The first-order valence-corrected chi connectivity index (χ1v) is 14.3. The second-order valence-corrected chi connectivity index (χ2v) is 10.8. The lowest BCUT2D eigenvalue weighted by Crippen LogP contribution is -2.40. The van der Waals surface area contributed by atoms with Gasteiger partial charge in [0.15, 0.2) is 16.3 Å². The summed E-state index contributed by atoms with van der Waals surface area (Å²) >= 11 is 13.6. The van der Waals surface area contributed by atoms with Gasteiger partial charge in [-0.25, -0.2) is 9.79 Å². The number of allylic oxidation sites excluding steroid dienone is 1. The molecule has 0 bridgehead atoms. The molecule has 2 aromatic carbocycles. The maximum absolute atomic E-state index is 13.8. The van der Waals surface area contributed by atoms with Gasteiger partial charge >= 0.3 is 5.97 Å². The summed E-state index contributed by atoms with van der Waals surface area (Å²) in [5.74, 6) is 0.579. The second-order valence-electron chi connectivity index (χ2n) is 8.93. The molecule has 0 spiro atoms. The minimum Gasteiger partial charge on any atom is -0.493 e. The topological polar surface area (TPSA) is 79.1 Å². The summed E-state index contributed by atoms with van der Waals surface area (Å²) in [6.07, 6.45) is 4.81. The lowest BCUT2D eigenvalue weighted by Gasteiger charge is -2.25. The van der Waals surface area contributed by atoms with Gasteiger partial charge < -0.3 is 14.2 Å². The highest BCUT2D eigenvalue weighted by Gasteiger charge is 2.34. The molecule has 0 saturated carbocycles. The predicted molar refractivity (Wildman–Crippen MR) is 155 cm³/mol. The molecule has 4 rings (SSSR count). The lowest BCUT2D eigenvalue weighted by molar-refractivity contribution is -0.139. The third-order valence-electron chi connectivity index (χ3n) is 6.28. The van der Waals surface area contributed by atoms with Gasteiger partial charge in [0.05, 0.1) is 42.2 Å². The molecule has 1 aliphatic heterocycles. The smallest absolute Gasteiger partial charge is 0.338 e. The van der Waals surface area contributed by atoms with Gasteiger partial charge in [0.25, 0.3) is 5.56 Å². The number of aromatic nitrogens is 1. The number of rotatable bonds is 10. The van der Waals surface area contributed by atoms with Crippen molar-refractivity contribution in [2.45, 2.75) is 46.1 Å². The molecular formula is C29H30Cl2N2O5S. The summed E-state index contributed by atoms with van der Waals surface area (Å²) in [4.78, 5) is 32.1. The largest absolute Gasteiger partial charge is 0.493 e. The first-order valence-electron chi connectivity index (χ1n) is 12.7. The molecule has 0 amide bonds. The van der Waals surface area contributed by atoms with Crippen LogP contribution in [-0.2, 0) is 9.53 Å². The van der Waals surface area contributed by atoms with E-state index in [2.05, 4.69) is 11.9 Å². The van der Waals surface area contributed by atoms with E-state index in [-0.39, 0.29) is 12.2 Å². The third kappa shape index (κ3) is 6.24. The highest BCUT2D eigenvalue weighted by Crippen LogP contribution is 2.36. The Morgan fingerprint density at radius 1 is 1.13 bits per heavy atom. The van der Waals surface area contributed by atoms with Crippen LogP contribution in [0.3, 0.4) is 0 Å². The molecule has 7 nitrogen and oxygen atoms in total. The number of carbonyl (C=O) groups excluding carboxylic acids is 1. The van der Waals surface area contributed by atoms with Crippen LogP contribution in [0.5, 0.6) is 11.5 Å². The van der Waals surface area contributed by atoms with Crippen LogP contribution >= 0.6 is 34.5 Å². The number of nitrogens with zero attached hydrogens (tertiary/aromatic N) is 2. The monoisotopic (exact) mass is 588 g/mol. The van der Waals surface area contributed by atoms with Crippen LogP contribution in [0.2, 0.25) is 10.0 Å². The number of methoxy groups -OCH3 is 1. The number of halogens is 2. The number of fused-ring (bicyclic) bond motifs is 1. The maximum atomic E-state index is 13.8. The van der Waals surface area contributed by atoms with Crippen molar-refractivity contribution < 1.29 is 19.0 Å². The van der Waals surface area contributed by atoms with Gasteiger partial charge in [-0.1, -0.05) is 66.4 Å². The van der Waals surface area contributed by atoms with Crippen LogP contribution in [0, 0.1) is 0 Å². The fraction of sp³-hybridized carbons (Fsp3) is 0.345. The Balaban J connectivity index is 1.87. The quantitative estimate of drug-likeness (QED) is 0.225. The Kier molecular flexibility index (Phi) is 9.53. The minimum absolute atomic E-state index is 0.190. The summed E-state index contributed by atoms with van der Waals surface area (Å²) in [6.45, 7) is 6.38. The molecule has 39 heavy (non-hydrogen) atoms. The van der Waals surface area contributed by atoms with Crippen molar-refractivity contribution in [2.24, 2.45) is 4.99 Å². The van der Waals surface area contributed by atoms with E-state index in [9.17, 15) is 9.59 Å². The number of hydrogen-bond donors (Lipinski definition) is 0. The number of benzene rings is 2. The van der Waals surface area contributed by atoms with Gasteiger partial charge in [-0.3, -0.25) is 9.36 Å². The Bertz CT molecular complexity index is 1590. The molecule has 0 fully saturated rings. The van der Waals surface area contributed by atoms with E-state index in [1.807, 2.05) is 12.1 Å². The van der Waals surface area contributed by atoms with Crippen molar-refractivity contribution in [1.82, 2.24) is 4.57 Å². The van der Waals surface area contributed by atoms with Crippen molar-refractivity contribution >= 4 is 46.6 Å². The predicted octanol–water partition coefficient (Wildman–Crippen LogP) is 5.68. The van der Waals surface area contributed by atoms with Gasteiger partial charge in [0, 0.05) is 10.0 Å². The molecule has 0 aliphatic carbocycles. The fourth-order valence-corrected chi connectivity index (χ4v) is 5.87. The van der Waals surface area contributed by atoms with Crippen molar-refractivity contribution in [2.75, 3.05) is 20.3 Å². The standard InChI is InChI=1S/C29H30Cl2N2O5S/c1-5-7-8-13-38-22-12-10-19(14-23(22)36-4)26-25(28(35)37-6-2)17(3)32-29-33(26)27(34)24(39-29)15-18-9-11-20(30)16-21(18)31/h9-12,14-16,26H,5-8,13H2,1-4H3/b24-15-. The molecule has 2 heterocycles. The third-order valence-corrected chi connectivity index (χ3v) is 7.82. The number of ether oxygens (including phenoxy) is 3. The summed E-state index contributed by atoms with van der Waals surface area (Å²) in [5.41, 5.74) is 1.79. The van der Waals surface area contributed by atoms with Crippen molar-refractivity contribution in [3.8, 4) is 11.5 Å². The van der Waals surface area contributed by atoms with Crippen LogP contribution in [-0.4, -0.2) is 30.9 Å². The second kappa shape index (κ2) is 12.9. The number of unbranched alkanes of at least 4 members (excludes halogenated alkanes) is 2. The maximum Gasteiger partial charge on any atom is 0.338 e. The molecule has 1 atom stereocenters. The Labute approximate surface area is 241 Å². The molecular weight excluding hydrogens is 559 g/mol. The average Bonchev–Trinajstić information content (AvgIpc) is 3.21. The van der Waals surface area contributed by atoms with Gasteiger partial charge in [-0.05, 0) is 61.7 Å². The van der Waals surface area contributed by atoms with Crippen LogP contribution in [0.1, 0.15) is 57.2 Å². The molecule has 206 valence electrons. The van der Waals surface area contributed by atoms with E-state index in [0.717, 1.165) is 19.3 Å². The van der Waals surface area contributed by atoms with E-state index < -0.39 is 12.0 Å². The van der Waals surface area contributed by atoms with E-state index in [1.165, 1.54) is 15.9 Å². The SMILES string of the molecule is CCCCCOc1ccc(C2C(C(=O)OCC)=C(C)N=c3s/c(=C\c4ccc(Cl)cc4Cl)c(=O)n32)cc1OC. The average molecular weight is 590 g/mol. The highest BCUT2D eigenvalue weighted by atomic mass is 35.5. The van der Waals surface area contributed by atoms with E-state index in [1.54, 1.807) is 51.3 Å². The zero-order valence-electron chi connectivity index (χ0n) is 22.3. The first-order chi connectivity index (χ1) is 18.8. The normalized spacial score (nSPS) is 15.1. The van der Waals surface area contributed by atoms with Crippen molar-refractivity contribution in [3.63, 3.8) is 0 Å². The van der Waals surface area contributed by atoms with E-state index in [4.69, 9.17) is 37.4 Å². The Hall–Kier alpha value is -3.07. The number of esters is 1. The summed E-state index contributed by atoms with van der Waals surface area (Å²) in [6, 6.07) is 9.75. The van der Waals surface area contributed by atoms with Crippen LogP contribution in [0.15, 0.2) is 57.5 Å². The van der Waals surface area contributed by atoms with E-state index in [0.29, 0.717) is 59.9 Å². The van der Waals surface area contributed by atoms with Crippen LogP contribution < -0.4 is 24.4 Å². The lowest BCUT2D eigenvalue weighted by atomic mass is 9.95. The molecule has 0 radical (unpaired) electrons. The molecule has 0 N–H and O–H groups in total. The molecule has 1 unspecified atom stereocenters. The van der Waals surface area contributed by atoms with E-state index >= 15 is 0 Å². The number of carbonyl (C=O) groups is 1. The molecule has 0 saturated heterocycles. The Morgan fingerprint density at radius 2 is 1.92 bits per heavy atom. The summed E-state index contributed by atoms with van der Waals surface area (Å²) in [5, 5.41) is 0.924. The number of hydrogen-bond acceptors (Lipinski definition) is 7. The summed E-state index contributed by atoms with van der Waals surface area (Å²) < 4.78 is 18.9. The molecule has 3 aromatic rings. The van der Waals surface area contributed by atoms with Gasteiger partial charge in [-0.2, -0.15) is 0 Å². The van der Waals surface area contributed by atoms with Gasteiger partial charge in [-0.15, -0.1) is 0 Å². The zero-order chi connectivity index (χ0) is 28.1. The minimum atomic E-state index is -0.772. The van der Waals surface area contributed by atoms with Gasteiger partial charge in [0.2, 0.25) is 0 Å². The zero-order valence-corrected chi connectivity index (χ0v) is 24.6. The van der Waals surface area contributed by atoms with Crippen LogP contribution in [0.25, 0.3) is 6.08 Å². The van der Waals surface area contributed by atoms with Crippen molar-refractivity contribution in [1.29, 1.82) is 0 Å². The van der Waals surface area contributed by atoms with Crippen molar-refractivity contribution in [3.05, 3.63) is 88.5 Å². The highest BCUT2D eigenvalue weighted by molar-refractivity contribution is 7.07. The summed E-state index contributed by atoms with van der Waals surface area (Å²) in [7, 11) is 1.56. The van der Waals surface area contributed by atoms with Gasteiger partial charge in [0.1, 0.15) is 0 Å².